The third-order valence-electron chi connectivity index (χ3n) is 4.72. The molecule has 1 atom stereocenters. The average molecular weight is 372 g/mol. The van der Waals surface area contributed by atoms with Gasteiger partial charge in [0, 0.05) is 56.5 Å². The Labute approximate surface area is 156 Å². The molecular formula is C19H19ClFN5. The van der Waals surface area contributed by atoms with Crippen LogP contribution >= 0.6 is 11.6 Å². The highest BCUT2D eigenvalue weighted by Gasteiger charge is 2.27. The maximum absolute atomic E-state index is 14.3. The molecule has 0 N–H and O–H groups in total. The summed E-state index contributed by atoms with van der Waals surface area (Å²) in [4.78, 5) is 14.8. The average Bonchev–Trinajstić information content (AvgIpc) is 3.11. The zero-order valence-corrected chi connectivity index (χ0v) is 15.0. The van der Waals surface area contributed by atoms with Crippen molar-refractivity contribution in [3.8, 4) is 0 Å². The first-order valence-corrected chi connectivity index (χ1v) is 9.04. The van der Waals surface area contributed by atoms with Crippen LogP contribution in [-0.2, 0) is 6.54 Å². The van der Waals surface area contributed by atoms with Gasteiger partial charge in [-0.25, -0.2) is 14.4 Å². The molecule has 0 spiro atoms. The Kier molecular flexibility index (Phi) is 4.84. The van der Waals surface area contributed by atoms with E-state index in [1.807, 2.05) is 29.4 Å². The van der Waals surface area contributed by atoms with Gasteiger partial charge in [0.2, 0.25) is 0 Å². The normalized spacial score (nSPS) is 17.5. The number of anilines is 1. The number of imidazole rings is 1. The Morgan fingerprint density at radius 1 is 1.19 bits per heavy atom. The highest BCUT2D eigenvalue weighted by atomic mass is 35.5. The van der Waals surface area contributed by atoms with Gasteiger partial charge in [-0.15, -0.1) is 0 Å². The van der Waals surface area contributed by atoms with Gasteiger partial charge in [-0.05, 0) is 36.6 Å². The minimum atomic E-state index is -0.377. The molecule has 3 aromatic heterocycles. The number of piperidine rings is 1. The van der Waals surface area contributed by atoms with E-state index in [4.69, 9.17) is 11.6 Å². The van der Waals surface area contributed by atoms with E-state index in [-0.39, 0.29) is 11.7 Å². The summed E-state index contributed by atoms with van der Waals surface area (Å²) in [6.45, 7) is 2.23. The number of rotatable bonds is 4. The number of halogens is 2. The monoisotopic (exact) mass is 371 g/mol. The molecule has 0 amide bonds. The Morgan fingerprint density at radius 3 is 2.85 bits per heavy atom. The molecule has 0 aliphatic carbocycles. The Hall–Kier alpha value is -2.47. The van der Waals surface area contributed by atoms with E-state index >= 15 is 0 Å². The van der Waals surface area contributed by atoms with Gasteiger partial charge in [-0.2, -0.15) is 0 Å². The number of nitrogens with zero attached hydrogens (tertiary/aromatic N) is 5. The molecule has 1 fully saturated rings. The van der Waals surface area contributed by atoms with Crippen molar-refractivity contribution >= 4 is 17.4 Å². The number of pyridine rings is 2. The van der Waals surface area contributed by atoms with E-state index < -0.39 is 0 Å². The van der Waals surface area contributed by atoms with Crippen LogP contribution in [0, 0.1) is 5.82 Å². The molecule has 1 saturated heterocycles. The minimum absolute atomic E-state index is 0.234. The molecule has 1 aliphatic rings. The summed E-state index contributed by atoms with van der Waals surface area (Å²) in [5.74, 6) is 1.25. The summed E-state index contributed by atoms with van der Waals surface area (Å²) in [5.41, 5.74) is 1.18. The first kappa shape index (κ1) is 17.0. The second kappa shape index (κ2) is 7.41. The van der Waals surface area contributed by atoms with Crippen molar-refractivity contribution in [3.05, 3.63) is 71.4 Å². The third kappa shape index (κ3) is 3.55. The summed E-state index contributed by atoms with van der Waals surface area (Å²) in [7, 11) is 0. The van der Waals surface area contributed by atoms with Gasteiger partial charge in [-0.1, -0.05) is 11.6 Å². The van der Waals surface area contributed by atoms with Crippen LogP contribution in [0.5, 0.6) is 0 Å². The van der Waals surface area contributed by atoms with E-state index in [0.29, 0.717) is 17.4 Å². The maximum atomic E-state index is 14.3. The molecular weight excluding hydrogens is 353 g/mol. The van der Waals surface area contributed by atoms with Crippen molar-refractivity contribution in [3.63, 3.8) is 0 Å². The fourth-order valence-corrected chi connectivity index (χ4v) is 3.66. The summed E-state index contributed by atoms with van der Waals surface area (Å²) in [6.07, 6.45) is 10.9. The lowest BCUT2D eigenvalue weighted by molar-refractivity contribution is 0.467. The second-order valence-electron chi connectivity index (χ2n) is 6.51. The first-order chi connectivity index (χ1) is 12.7. The van der Waals surface area contributed by atoms with E-state index in [0.717, 1.165) is 31.8 Å². The summed E-state index contributed by atoms with van der Waals surface area (Å²) in [5, 5.41) is 0.313. The van der Waals surface area contributed by atoms with Crippen LogP contribution in [-0.4, -0.2) is 32.6 Å². The van der Waals surface area contributed by atoms with Gasteiger partial charge < -0.3 is 9.47 Å². The molecule has 0 radical (unpaired) electrons. The fourth-order valence-electron chi connectivity index (χ4n) is 3.52. The molecule has 0 aromatic carbocycles. The largest absolute Gasteiger partial charge is 0.353 e. The van der Waals surface area contributed by atoms with E-state index in [9.17, 15) is 4.39 Å². The zero-order valence-electron chi connectivity index (χ0n) is 14.2. The van der Waals surface area contributed by atoms with Crippen molar-refractivity contribution in [1.82, 2.24) is 19.5 Å². The topological polar surface area (TPSA) is 46.8 Å². The maximum Gasteiger partial charge on any atom is 0.167 e. The van der Waals surface area contributed by atoms with Crippen molar-refractivity contribution in [1.29, 1.82) is 0 Å². The van der Waals surface area contributed by atoms with Crippen LogP contribution < -0.4 is 4.90 Å². The lowest BCUT2D eigenvalue weighted by atomic mass is 9.97. The SMILES string of the molecule is Fc1cc(Cl)cnc1N1CCCC(c2nccn2Cc2ccncc2)C1. The predicted molar refractivity (Wildman–Crippen MR) is 99.0 cm³/mol. The van der Waals surface area contributed by atoms with Gasteiger partial charge in [0.05, 0.1) is 5.02 Å². The molecule has 0 saturated carbocycles. The Morgan fingerprint density at radius 2 is 2.04 bits per heavy atom. The highest BCUT2D eigenvalue weighted by molar-refractivity contribution is 6.30. The lowest BCUT2D eigenvalue weighted by Crippen LogP contribution is -2.36. The smallest absolute Gasteiger partial charge is 0.167 e. The summed E-state index contributed by atoms with van der Waals surface area (Å²) >= 11 is 5.82. The van der Waals surface area contributed by atoms with Crippen molar-refractivity contribution in [2.24, 2.45) is 0 Å². The fraction of sp³-hybridized carbons (Fsp3) is 0.316. The van der Waals surface area contributed by atoms with Gasteiger partial charge in [-0.3, -0.25) is 4.98 Å². The quantitative estimate of drug-likeness (QED) is 0.697. The third-order valence-corrected chi connectivity index (χ3v) is 4.93. The molecule has 134 valence electrons. The van der Waals surface area contributed by atoms with Gasteiger partial charge in [0.25, 0.3) is 0 Å². The van der Waals surface area contributed by atoms with E-state index in [1.54, 1.807) is 12.4 Å². The van der Waals surface area contributed by atoms with Gasteiger partial charge >= 0.3 is 0 Å². The Bertz CT molecular complexity index is 883. The van der Waals surface area contributed by atoms with Crippen molar-refractivity contribution in [2.75, 3.05) is 18.0 Å². The molecule has 1 aliphatic heterocycles. The van der Waals surface area contributed by atoms with Crippen LogP contribution in [0.2, 0.25) is 5.02 Å². The van der Waals surface area contributed by atoms with E-state index in [1.165, 1.54) is 17.8 Å². The van der Waals surface area contributed by atoms with Gasteiger partial charge in [0.1, 0.15) is 5.82 Å². The molecule has 3 aromatic rings. The summed E-state index contributed by atoms with van der Waals surface area (Å²) in [6, 6.07) is 5.33. The zero-order chi connectivity index (χ0) is 17.9. The lowest BCUT2D eigenvalue weighted by Gasteiger charge is -2.33. The van der Waals surface area contributed by atoms with Crippen LogP contribution in [0.25, 0.3) is 0 Å². The van der Waals surface area contributed by atoms with Crippen LogP contribution in [0.4, 0.5) is 10.2 Å². The van der Waals surface area contributed by atoms with Crippen molar-refractivity contribution in [2.45, 2.75) is 25.3 Å². The van der Waals surface area contributed by atoms with Gasteiger partial charge in [0.15, 0.2) is 11.6 Å². The van der Waals surface area contributed by atoms with Crippen molar-refractivity contribution < 1.29 is 4.39 Å². The van der Waals surface area contributed by atoms with E-state index in [2.05, 4.69) is 19.5 Å². The first-order valence-electron chi connectivity index (χ1n) is 8.66. The van der Waals surface area contributed by atoms with Crippen LogP contribution in [0.15, 0.2) is 49.2 Å². The second-order valence-corrected chi connectivity index (χ2v) is 6.95. The van der Waals surface area contributed by atoms with Crippen LogP contribution in [0.3, 0.4) is 0 Å². The number of aromatic nitrogens is 4. The minimum Gasteiger partial charge on any atom is -0.353 e. The van der Waals surface area contributed by atoms with Crippen LogP contribution in [0.1, 0.15) is 30.1 Å². The number of hydrogen-bond acceptors (Lipinski definition) is 4. The summed E-state index contributed by atoms with van der Waals surface area (Å²) < 4.78 is 16.4. The molecule has 4 heterocycles. The molecule has 0 bridgehead atoms. The molecule has 1 unspecified atom stereocenters. The molecule has 5 nitrogen and oxygen atoms in total. The Balaban J connectivity index is 1.54. The predicted octanol–water partition coefficient (Wildman–Crippen LogP) is 3.90. The standard InChI is InChI=1S/C19H19ClFN5/c20-16-10-17(21)19(24-11-16)25-8-1-2-15(13-25)18-23-7-9-26(18)12-14-3-5-22-6-4-14/h3-7,9-11,15H,1-2,8,12-13H2. The molecule has 26 heavy (non-hydrogen) atoms. The molecule has 7 heteroatoms. The molecule has 4 rings (SSSR count). The highest BCUT2D eigenvalue weighted by Crippen LogP contribution is 2.30. The number of hydrogen-bond donors (Lipinski definition) is 0.